The quantitative estimate of drug-likeness (QED) is 0.893. The third-order valence-corrected chi connectivity index (χ3v) is 5.56. The highest BCUT2D eigenvalue weighted by atomic mass is 32.1. The first-order valence-electron chi connectivity index (χ1n) is 8.54. The van der Waals surface area contributed by atoms with Crippen LogP contribution in [-0.2, 0) is 4.74 Å². The maximum absolute atomic E-state index is 12.7. The molecule has 2 fully saturated rings. The maximum Gasteiger partial charge on any atom is 0.318 e. The van der Waals surface area contributed by atoms with Gasteiger partial charge in [-0.1, -0.05) is 6.92 Å². The molecule has 2 amide bonds. The Morgan fingerprint density at radius 3 is 3.00 bits per heavy atom. The van der Waals surface area contributed by atoms with E-state index < -0.39 is 0 Å². The van der Waals surface area contributed by atoms with Crippen LogP contribution >= 0.6 is 11.3 Å². The second kappa shape index (κ2) is 8.08. The predicted molar refractivity (Wildman–Crippen MR) is 90.7 cm³/mol. The third kappa shape index (κ3) is 4.22. The molecule has 0 unspecified atom stereocenters. The zero-order valence-electron chi connectivity index (χ0n) is 13.7. The van der Waals surface area contributed by atoms with Crippen LogP contribution in [0.25, 0.3) is 0 Å². The summed E-state index contributed by atoms with van der Waals surface area (Å²) in [6, 6.07) is 0.400. The molecule has 3 heterocycles. The number of nitrogens with zero attached hydrogens (tertiary/aromatic N) is 3. The van der Waals surface area contributed by atoms with Gasteiger partial charge >= 0.3 is 6.03 Å². The monoisotopic (exact) mass is 338 g/mol. The maximum atomic E-state index is 12.7. The van der Waals surface area contributed by atoms with Crippen molar-refractivity contribution in [3.63, 3.8) is 0 Å². The van der Waals surface area contributed by atoms with Crippen molar-refractivity contribution >= 4 is 17.4 Å². The van der Waals surface area contributed by atoms with Gasteiger partial charge in [-0.3, -0.25) is 4.90 Å². The van der Waals surface area contributed by atoms with E-state index in [1.807, 2.05) is 10.3 Å². The first-order valence-corrected chi connectivity index (χ1v) is 9.42. The highest BCUT2D eigenvalue weighted by Crippen LogP contribution is 2.22. The molecule has 1 aromatic heterocycles. The Morgan fingerprint density at radius 2 is 2.30 bits per heavy atom. The minimum Gasteiger partial charge on any atom is -0.379 e. The van der Waals surface area contributed by atoms with Crippen LogP contribution < -0.4 is 5.32 Å². The Labute approximate surface area is 141 Å². The molecular formula is C16H26N4O2S. The number of nitrogens with one attached hydrogen (secondary N) is 1. The topological polar surface area (TPSA) is 57.7 Å². The molecule has 6 nitrogen and oxygen atoms in total. The van der Waals surface area contributed by atoms with Gasteiger partial charge < -0.3 is 15.0 Å². The standard InChI is InChI=1S/C16H26N4O2S/c1-2-14(15-17-5-11-23-15)18-16(21)20-6-3-4-13(20)12-19-7-9-22-10-8-19/h5,11,13-14H,2-4,6-10,12H2,1H3,(H,18,21)/t13-,14+/m1/s1. The lowest BCUT2D eigenvalue weighted by molar-refractivity contribution is 0.0291. The minimum atomic E-state index is 0.0205. The van der Waals surface area contributed by atoms with Gasteiger partial charge in [0.1, 0.15) is 5.01 Å². The van der Waals surface area contributed by atoms with E-state index in [1.165, 1.54) is 0 Å². The van der Waals surface area contributed by atoms with E-state index in [2.05, 4.69) is 22.1 Å². The number of thiazole rings is 1. The van der Waals surface area contributed by atoms with E-state index >= 15 is 0 Å². The van der Waals surface area contributed by atoms with Gasteiger partial charge in [0.05, 0.1) is 19.3 Å². The number of hydrogen-bond acceptors (Lipinski definition) is 5. The minimum absolute atomic E-state index is 0.0205. The summed E-state index contributed by atoms with van der Waals surface area (Å²) in [6.45, 7) is 7.47. The molecule has 0 aliphatic carbocycles. The number of likely N-dealkylation sites (tertiary alicyclic amines) is 1. The fourth-order valence-electron chi connectivity index (χ4n) is 3.35. The molecule has 1 N–H and O–H groups in total. The lowest BCUT2D eigenvalue weighted by Crippen LogP contribution is -2.49. The molecule has 7 heteroatoms. The molecule has 23 heavy (non-hydrogen) atoms. The zero-order valence-corrected chi connectivity index (χ0v) is 14.6. The van der Waals surface area contributed by atoms with Crippen molar-refractivity contribution in [2.45, 2.75) is 38.3 Å². The second-order valence-electron chi connectivity index (χ2n) is 6.18. The fraction of sp³-hybridized carbons (Fsp3) is 0.750. The number of morpholine rings is 1. The largest absolute Gasteiger partial charge is 0.379 e. The summed E-state index contributed by atoms with van der Waals surface area (Å²) in [6.07, 6.45) is 4.85. The lowest BCUT2D eigenvalue weighted by Gasteiger charge is -2.33. The van der Waals surface area contributed by atoms with Crippen molar-refractivity contribution in [1.29, 1.82) is 0 Å². The third-order valence-electron chi connectivity index (χ3n) is 4.67. The molecule has 2 aliphatic rings. The van der Waals surface area contributed by atoms with Crippen molar-refractivity contribution in [2.75, 3.05) is 39.4 Å². The Bertz CT molecular complexity index is 490. The molecule has 0 radical (unpaired) electrons. The normalized spacial score (nSPS) is 23.9. The number of carbonyl (C=O) groups excluding carboxylic acids is 1. The lowest BCUT2D eigenvalue weighted by atomic mass is 10.2. The van der Waals surface area contributed by atoms with Crippen LogP contribution in [0.15, 0.2) is 11.6 Å². The van der Waals surface area contributed by atoms with Crippen molar-refractivity contribution < 1.29 is 9.53 Å². The molecule has 2 saturated heterocycles. The van der Waals surface area contributed by atoms with Crippen LogP contribution in [0.3, 0.4) is 0 Å². The van der Waals surface area contributed by atoms with E-state index in [0.717, 1.165) is 63.7 Å². The number of amides is 2. The van der Waals surface area contributed by atoms with Gasteiger partial charge in [0, 0.05) is 43.8 Å². The number of ether oxygens (including phenoxy) is 1. The van der Waals surface area contributed by atoms with E-state index in [1.54, 1.807) is 17.5 Å². The van der Waals surface area contributed by atoms with Gasteiger partial charge in [-0.2, -0.15) is 0 Å². The highest BCUT2D eigenvalue weighted by Gasteiger charge is 2.31. The second-order valence-corrected chi connectivity index (χ2v) is 7.11. The summed E-state index contributed by atoms with van der Waals surface area (Å²) >= 11 is 1.60. The van der Waals surface area contributed by atoms with Gasteiger partial charge in [-0.05, 0) is 19.3 Å². The fourth-order valence-corrected chi connectivity index (χ4v) is 4.12. The molecule has 0 aromatic carbocycles. The molecular weight excluding hydrogens is 312 g/mol. The molecule has 2 atom stereocenters. The van der Waals surface area contributed by atoms with Crippen molar-refractivity contribution in [3.05, 3.63) is 16.6 Å². The number of aromatic nitrogens is 1. The van der Waals surface area contributed by atoms with Crippen LogP contribution in [0.2, 0.25) is 0 Å². The van der Waals surface area contributed by atoms with Crippen molar-refractivity contribution in [1.82, 2.24) is 20.1 Å². The number of urea groups is 1. The van der Waals surface area contributed by atoms with E-state index in [4.69, 9.17) is 4.74 Å². The first-order chi connectivity index (χ1) is 11.3. The number of carbonyl (C=O) groups is 1. The highest BCUT2D eigenvalue weighted by molar-refractivity contribution is 7.09. The summed E-state index contributed by atoms with van der Waals surface area (Å²) in [5.74, 6) is 0. The predicted octanol–water partition coefficient (Wildman–Crippen LogP) is 2.10. The summed E-state index contributed by atoms with van der Waals surface area (Å²) in [7, 11) is 0. The smallest absolute Gasteiger partial charge is 0.318 e. The van der Waals surface area contributed by atoms with Crippen molar-refractivity contribution in [3.8, 4) is 0 Å². The molecule has 0 saturated carbocycles. The average molecular weight is 338 g/mol. The summed E-state index contributed by atoms with van der Waals surface area (Å²) in [5, 5.41) is 6.12. The molecule has 128 valence electrons. The van der Waals surface area contributed by atoms with Gasteiger partial charge in [-0.25, -0.2) is 9.78 Å². The summed E-state index contributed by atoms with van der Waals surface area (Å²) in [4.78, 5) is 21.5. The van der Waals surface area contributed by atoms with Crippen LogP contribution in [0, 0.1) is 0 Å². The number of hydrogen-bond donors (Lipinski definition) is 1. The van der Waals surface area contributed by atoms with Crippen molar-refractivity contribution in [2.24, 2.45) is 0 Å². The molecule has 2 aliphatic heterocycles. The average Bonchev–Trinajstić information content (AvgIpc) is 3.25. The van der Waals surface area contributed by atoms with Gasteiger partial charge in [-0.15, -0.1) is 11.3 Å². The van der Waals surface area contributed by atoms with Gasteiger partial charge in [0.15, 0.2) is 0 Å². The molecule has 0 bridgehead atoms. The SMILES string of the molecule is CC[C@H](NC(=O)N1CCC[C@@H]1CN1CCOCC1)c1nccs1. The zero-order chi connectivity index (χ0) is 16.1. The Balaban J connectivity index is 1.56. The van der Waals surface area contributed by atoms with Crippen LogP contribution in [0.1, 0.15) is 37.2 Å². The van der Waals surface area contributed by atoms with Crippen LogP contribution in [-0.4, -0.2) is 66.2 Å². The van der Waals surface area contributed by atoms with Gasteiger partial charge in [0.2, 0.25) is 0 Å². The van der Waals surface area contributed by atoms with Crippen LogP contribution in [0.5, 0.6) is 0 Å². The summed E-state index contributed by atoms with van der Waals surface area (Å²) < 4.78 is 5.41. The molecule has 1 aromatic rings. The first kappa shape index (κ1) is 16.7. The Hall–Kier alpha value is -1.18. The van der Waals surface area contributed by atoms with Gasteiger partial charge in [0.25, 0.3) is 0 Å². The van der Waals surface area contributed by atoms with E-state index in [-0.39, 0.29) is 12.1 Å². The molecule has 0 spiro atoms. The van der Waals surface area contributed by atoms with E-state index in [9.17, 15) is 4.79 Å². The number of rotatable bonds is 5. The molecule has 3 rings (SSSR count). The Kier molecular flexibility index (Phi) is 5.85. The summed E-state index contributed by atoms with van der Waals surface area (Å²) in [5.41, 5.74) is 0. The van der Waals surface area contributed by atoms with E-state index in [0.29, 0.717) is 6.04 Å². The Morgan fingerprint density at radius 1 is 1.48 bits per heavy atom. The van der Waals surface area contributed by atoms with Crippen LogP contribution in [0.4, 0.5) is 4.79 Å².